The maximum Gasteiger partial charge on any atom is 0.250 e. The van der Waals surface area contributed by atoms with Crippen molar-refractivity contribution in [3.8, 4) is 5.75 Å². The van der Waals surface area contributed by atoms with Gasteiger partial charge in [-0.25, -0.2) is 4.98 Å². The van der Waals surface area contributed by atoms with Crippen LogP contribution in [0, 0.1) is 6.92 Å². The Hall–Kier alpha value is -2.92. The van der Waals surface area contributed by atoms with Crippen molar-refractivity contribution in [3.63, 3.8) is 0 Å². The van der Waals surface area contributed by atoms with Crippen molar-refractivity contribution < 1.29 is 9.53 Å². The molecule has 1 amide bonds. The largest absolute Gasteiger partial charge is 0.489 e. The number of amides is 1. The second-order valence-electron chi connectivity index (χ2n) is 5.46. The summed E-state index contributed by atoms with van der Waals surface area (Å²) < 4.78 is 5.74. The van der Waals surface area contributed by atoms with Crippen LogP contribution in [0.15, 0.2) is 66.1 Å². The summed E-state index contributed by atoms with van der Waals surface area (Å²) in [6.07, 6.45) is 3.26. The lowest BCUT2D eigenvalue weighted by Crippen LogP contribution is -2.07. The molecule has 0 saturated heterocycles. The highest BCUT2D eigenvalue weighted by Crippen LogP contribution is 2.16. The van der Waals surface area contributed by atoms with Crippen molar-refractivity contribution in [2.45, 2.75) is 13.5 Å². The number of thiazole rings is 1. The van der Waals surface area contributed by atoms with Gasteiger partial charge in [0.25, 0.3) is 0 Å². The molecule has 1 aromatic heterocycles. The molecule has 0 aliphatic rings. The molecule has 25 heavy (non-hydrogen) atoms. The molecule has 4 nitrogen and oxygen atoms in total. The standard InChI is InChI=1S/C20H18N2O2S/c1-15-14-25-20(21-15)22-19(23)12-9-16-7-10-18(11-8-16)24-13-17-5-3-2-4-6-17/h2-12,14H,13H2,1H3,(H,21,22,23)/b12-9+. The fraction of sp³-hybridized carbons (Fsp3) is 0.100. The number of hydrogen-bond acceptors (Lipinski definition) is 4. The molecule has 0 unspecified atom stereocenters. The molecule has 3 rings (SSSR count). The van der Waals surface area contributed by atoms with Gasteiger partial charge in [-0.15, -0.1) is 11.3 Å². The van der Waals surface area contributed by atoms with Crippen molar-refractivity contribution in [1.82, 2.24) is 4.98 Å². The molecule has 1 heterocycles. The van der Waals surface area contributed by atoms with Crippen molar-refractivity contribution in [1.29, 1.82) is 0 Å². The highest BCUT2D eigenvalue weighted by molar-refractivity contribution is 7.13. The summed E-state index contributed by atoms with van der Waals surface area (Å²) in [6.45, 7) is 2.43. The van der Waals surface area contributed by atoms with Gasteiger partial charge in [0.05, 0.1) is 5.69 Å². The van der Waals surface area contributed by atoms with Crippen LogP contribution in [0.25, 0.3) is 6.08 Å². The summed E-state index contributed by atoms with van der Waals surface area (Å²) >= 11 is 1.41. The Kier molecular flexibility index (Phi) is 5.59. The van der Waals surface area contributed by atoms with Crippen LogP contribution in [-0.4, -0.2) is 10.9 Å². The Morgan fingerprint density at radius 3 is 2.60 bits per heavy atom. The molecule has 0 saturated carbocycles. The zero-order valence-corrected chi connectivity index (χ0v) is 14.6. The van der Waals surface area contributed by atoms with Crippen molar-refractivity contribution in [2.24, 2.45) is 0 Å². The highest BCUT2D eigenvalue weighted by Gasteiger charge is 2.01. The van der Waals surface area contributed by atoms with E-state index in [0.717, 1.165) is 22.6 Å². The molecular formula is C20H18N2O2S. The van der Waals surface area contributed by atoms with Crippen LogP contribution in [0.5, 0.6) is 5.75 Å². The summed E-state index contributed by atoms with van der Waals surface area (Å²) in [5.41, 5.74) is 2.95. The normalized spacial score (nSPS) is 10.8. The van der Waals surface area contributed by atoms with Crippen LogP contribution in [0.4, 0.5) is 5.13 Å². The van der Waals surface area contributed by atoms with Gasteiger partial charge in [0.1, 0.15) is 12.4 Å². The van der Waals surface area contributed by atoms with E-state index in [9.17, 15) is 4.79 Å². The van der Waals surface area contributed by atoms with Crippen LogP contribution < -0.4 is 10.1 Å². The van der Waals surface area contributed by atoms with Gasteiger partial charge < -0.3 is 4.74 Å². The van der Waals surface area contributed by atoms with Crippen LogP contribution in [0.1, 0.15) is 16.8 Å². The number of ether oxygens (including phenoxy) is 1. The molecule has 126 valence electrons. The molecule has 2 aromatic carbocycles. The molecule has 0 aliphatic heterocycles. The Morgan fingerprint density at radius 1 is 1.16 bits per heavy atom. The van der Waals surface area contributed by atoms with E-state index < -0.39 is 0 Å². The van der Waals surface area contributed by atoms with Gasteiger partial charge in [0, 0.05) is 11.5 Å². The monoisotopic (exact) mass is 350 g/mol. The fourth-order valence-electron chi connectivity index (χ4n) is 2.15. The quantitative estimate of drug-likeness (QED) is 0.657. The molecule has 3 aromatic rings. The molecular weight excluding hydrogens is 332 g/mol. The van der Waals surface area contributed by atoms with Crippen LogP contribution >= 0.6 is 11.3 Å². The maximum atomic E-state index is 11.9. The predicted octanol–water partition coefficient (Wildman–Crippen LogP) is 4.68. The van der Waals surface area contributed by atoms with Gasteiger partial charge >= 0.3 is 0 Å². The van der Waals surface area contributed by atoms with E-state index in [0.29, 0.717) is 11.7 Å². The maximum absolute atomic E-state index is 11.9. The molecule has 0 atom stereocenters. The number of anilines is 1. The molecule has 1 N–H and O–H groups in total. The first-order valence-electron chi connectivity index (χ1n) is 7.87. The Labute approximate surface area is 150 Å². The number of hydrogen-bond donors (Lipinski definition) is 1. The van der Waals surface area contributed by atoms with Gasteiger partial charge in [0.2, 0.25) is 5.91 Å². The first kappa shape index (κ1) is 16.9. The average molecular weight is 350 g/mol. The lowest BCUT2D eigenvalue weighted by atomic mass is 10.2. The molecule has 0 bridgehead atoms. The van der Waals surface area contributed by atoms with E-state index >= 15 is 0 Å². The minimum Gasteiger partial charge on any atom is -0.489 e. The first-order chi connectivity index (χ1) is 12.2. The summed E-state index contributed by atoms with van der Waals surface area (Å²) in [7, 11) is 0. The van der Waals surface area contributed by atoms with E-state index in [2.05, 4.69) is 10.3 Å². The third kappa shape index (κ3) is 5.29. The van der Waals surface area contributed by atoms with E-state index in [1.165, 1.54) is 17.4 Å². The number of nitrogens with zero attached hydrogens (tertiary/aromatic N) is 1. The second kappa shape index (κ2) is 8.26. The summed E-state index contributed by atoms with van der Waals surface area (Å²) in [6, 6.07) is 17.6. The molecule has 0 aliphatic carbocycles. The van der Waals surface area contributed by atoms with E-state index in [1.807, 2.05) is 66.9 Å². The summed E-state index contributed by atoms with van der Waals surface area (Å²) in [5, 5.41) is 5.24. The minimum atomic E-state index is -0.196. The van der Waals surface area contributed by atoms with Crippen LogP contribution in [0.3, 0.4) is 0 Å². The van der Waals surface area contributed by atoms with Gasteiger partial charge in [-0.05, 0) is 36.3 Å². The minimum absolute atomic E-state index is 0.196. The topological polar surface area (TPSA) is 51.2 Å². The molecule has 0 fully saturated rings. The van der Waals surface area contributed by atoms with Crippen LogP contribution in [-0.2, 0) is 11.4 Å². The third-order valence-corrected chi connectivity index (χ3v) is 4.28. The van der Waals surface area contributed by atoms with Crippen molar-refractivity contribution >= 4 is 28.5 Å². The summed E-state index contributed by atoms with van der Waals surface area (Å²) in [4.78, 5) is 16.1. The van der Waals surface area contributed by atoms with E-state index in [-0.39, 0.29) is 5.91 Å². The molecule has 0 spiro atoms. The number of aromatic nitrogens is 1. The van der Waals surface area contributed by atoms with Gasteiger partial charge in [-0.1, -0.05) is 42.5 Å². The highest BCUT2D eigenvalue weighted by atomic mass is 32.1. The SMILES string of the molecule is Cc1csc(NC(=O)/C=C/c2ccc(OCc3ccccc3)cc2)n1. The number of carbonyl (C=O) groups excluding carboxylic acids is 1. The van der Waals surface area contributed by atoms with Gasteiger partial charge in [0.15, 0.2) is 5.13 Å². The zero-order chi connectivity index (χ0) is 17.5. The molecule has 0 radical (unpaired) electrons. The fourth-order valence-corrected chi connectivity index (χ4v) is 2.84. The van der Waals surface area contributed by atoms with Crippen LogP contribution in [0.2, 0.25) is 0 Å². The number of nitrogens with one attached hydrogen (secondary N) is 1. The Balaban J connectivity index is 1.52. The van der Waals surface area contributed by atoms with Gasteiger partial charge in [-0.3, -0.25) is 10.1 Å². The predicted molar refractivity (Wildman–Crippen MR) is 102 cm³/mol. The lowest BCUT2D eigenvalue weighted by Gasteiger charge is -2.06. The van der Waals surface area contributed by atoms with Crippen molar-refractivity contribution in [2.75, 3.05) is 5.32 Å². The number of rotatable bonds is 6. The van der Waals surface area contributed by atoms with Crippen molar-refractivity contribution in [3.05, 3.63) is 82.9 Å². The third-order valence-electron chi connectivity index (χ3n) is 3.40. The first-order valence-corrected chi connectivity index (χ1v) is 8.75. The zero-order valence-electron chi connectivity index (χ0n) is 13.8. The summed E-state index contributed by atoms with van der Waals surface area (Å²) in [5.74, 6) is 0.600. The number of benzene rings is 2. The smallest absolute Gasteiger partial charge is 0.250 e. The van der Waals surface area contributed by atoms with Gasteiger partial charge in [-0.2, -0.15) is 0 Å². The molecule has 5 heteroatoms. The lowest BCUT2D eigenvalue weighted by molar-refractivity contribution is -0.111. The second-order valence-corrected chi connectivity index (χ2v) is 6.32. The Morgan fingerprint density at radius 2 is 1.92 bits per heavy atom. The Bertz CT molecular complexity index is 855. The number of carbonyl (C=O) groups is 1. The average Bonchev–Trinajstić information content (AvgIpc) is 3.04. The van der Waals surface area contributed by atoms with E-state index in [1.54, 1.807) is 6.08 Å². The number of aryl methyl sites for hydroxylation is 1. The van der Waals surface area contributed by atoms with E-state index in [4.69, 9.17) is 4.74 Å².